The van der Waals surface area contributed by atoms with Crippen molar-refractivity contribution < 1.29 is 0 Å². The third-order valence-electron chi connectivity index (χ3n) is 12.9. The van der Waals surface area contributed by atoms with Gasteiger partial charge in [-0.15, -0.1) is 0 Å². The molecule has 64 heavy (non-hydrogen) atoms. The summed E-state index contributed by atoms with van der Waals surface area (Å²) in [7, 11) is 0. The highest BCUT2D eigenvalue weighted by atomic mass is 15.0. The number of hydrogen-bond acceptors (Lipinski definition) is 2. The van der Waals surface area contributed by atoms with Crippen molar-refractivity contribution in [3.63, 3.8) is 0 Å². The summed E-state index contributed by atoms with van der Waals surface area (Å²) in [5.41, 5.74) is 15.6. The summed E-state index contributed by atoms with van der Waals surface area (Å²) in [5.74, 6) is 0.700. The molecule has 0 aliphatic carbocycles. The molecule has 0 saturated carbocycles. The summed E-state index contributed by atoms with van der Waals surface area (Å²) in [6, 6.07) is 82.6. The van der Waals surface area contributed by atoms with Crippen LogP contribution in [0.2, 0.25) is 0 Å². The topological polar surface area (TPSA) is 35.6 Å². The maximum Gasteiger partial charge on any atom is 0.160 e. The van der Waals surface area contributed by atoms with Crippen LogP contribution in [0.15, 0.2) is 231 Å². The van der Waals surface area contributed by atoms with Crippen LogP contribution < -0.4 is 0 Å². The molecule has 0 amide bonds. The van der Waals surface area contributed by atoms with Crippen molar-refractivity contribution in [1.82, 2.24) is 19.1 Å². The van der Waals surface area contributed by atoms with Crippen LogP contribution in [0.25, 0.3) is 122 Å². The van der Waals surface area contributed by atoms with Gasteiger partial charge in [-0.05, 0) is 88.3 Å². The number of aromatic nitrogens is 4. The normalized spacial score (nSPS) is 11.8. The molecule has 0 N–H and O–H groups in total. The first-order valence-corrected chi connectivity index (χ1v) is 21.8. The standard InChI is InChI=1S/C60H38N4/c1-4-16-41(17-5-1)58-52-38-43(44-33-36-55-51(37-44)49-23-12-13-25-54(49)63(55)45-18-6-2-7-19-45)32-35-53(52)61-60(62-58)42-29-27-40(28-30-42)47-24-14-26-56-57(47)50-34-31-39-15-10-11-22-48(39)59(50)64(56)46-20-8-3-9-21-46/h1-38H. The van der Waals surface area contributed by atoms with Gasteiger partial charge < -0.3 is 9.13 Å². The summed E-state index contributed by atoms with van der Waals surface area (Å²) in [5, 5.41) is 8.42. The quantitative estimate of drug-likeness (QED) is 0.168. The van der Waals surface area contributed by atoms with E-state index in [4.69, 9.17) is 9.97 Å². The molecule has 10 aromatic carbocycles. The van der Waals surface area contributed by atoms with E-state index < -0.39 is 0 Å². The molecule has 13 rings (SSSR count). The van der Waals surface area contributed by atoms with Crippen LogP contribution in [0, 0.1) is 0 Å². The second-order valence-corrected chi connectivity index (χ2v) is 16.5. The first-order valence-electron chi connectivity index (χ1n) is 21.8. The molecule has 0 saturated heterocycles. The van der Waals surface area contributed by atoms with Gasteiger partial charge >= 0.3 is 0 Å². The number of para-hydroxylation sites is 3. The molecule has 3 heterocycles. The number of hydrogen-bond donors (Lipinski definition) is 0. The summed E-state index contributed by atoms with van der Waals surface area (Å²) >= 11 is 0. The maximum absolute atomic E-state index is 5.35. The molecular formula is C60H38N4. The second kappa shape index (κ2) is 14.5. The largest absolute Gasteiger partial charge is 0.309 e. The van der Waals surface area contributed by atoms with Crippen LogP contribution in [0.5, 0.6) is 0 Å². The molecule has 0 unspecified atom stereocenters. The Labute approximate surface area is 369 Å². The van der Waals surface area contributed by atoms with Gasteiger partial charge in [0.25, 0.3) is 0 Å². The van der Waals surface area contributed by atoms with Crippen LogP contribution >= 0.6 is 0 Å². The van der Waals surface area contributed by atoms with Gasteiger partial charge in [-0.25, -0.2) is 9.97 Å². The minimum Gasteiger partial charge on any atom is -0.309 e. The van der Waals surface area contributed by atoms with Crippen LogP contribution in [-0.2, 0) is 0 Å². The highest BCUT2D eigenvalue weighted by Crippen LogP contribution is 2.42. The van der Waals surface area contributed by atoms with E-state index in [1.54, 1.807) is 0 Å². The predicted molar refractivity (Wildman–Crippen MR) is 267 cm³/mol. The zero-order valence-electron chi connectivity index (χ0n) is 34.7. The minimum atomic E-state index is 0.700. The van der Waals surface area contributed by atoms with Gasteiger partial charge in [0.15, 0.2) is 5.82 Å². The number of fused-ring (bicyclic) bond motifs is 9. The molecule has 4 heteroatoms. The minimum absolute atomic E-state index is 0.700. The Bertz CT molecular complexity index is 3920. The van der Waals surface area contributed by atoms with Crippen molar-refractivity contribution in [2.24, 2.45) is 0 Å². The Morgan fingerprint density at radius 1 is 0.312 bits per heavy atom. The van der Waals surface area contributed by atoms with Crippen molar-refractivity contribution in [1.29, 1.82) is 0 Å². The average Bonchev–Trinajstić information content (AvgIpc) is 3.90. The van der Waals surface area contributed by atoms with Gasteiger partial charge in [0.2, 0.25) is 0 Å². The van der Waals surface area contributed by atoms with E-state index in [-0.39, 0.29) is 0 Å². The SMILES string of the molecule is c1ccc(-c2nc(-c3ccc(-c4cccc5c4c4ccc6ccccc6c4n5-c4ccccc4)cc3)nc3ccc(-c4ccc5c(c4)c4ccccc4n5-c4ccccc4)cc23)cc1. The molecule has 4 nitrogen and oxygen atoms in total. The molecule has 0 atom stereocenters. The molecule has 0 radical (unpaired) electrons. The summed E-state index contributed by atoms with van der Waals surface area (Å²) < 4.78 is 4.78. The predicted octanol–water partition coefficient (Wildman–Crippen LogP) is 15.6. The fourth-order valence-electron chi connectivity index (χ4n) is 9.97. The third kappa shape index (κ3) is 5.70. The molecule has 0 spiro atoms. The van der Waals surface area contributed by atoms with E-state index >= 15 is 0 Å². The van der Waals surface area contributed by atoms with E-state index in [0.717, 1.165) is 55.8 Å². The van der Waals surface area contributed by atoms with E-state index in [0.29, 0.717) is 5.82 Å². The van der Waals surface area contributed by atoms with Gasteiger partial charge in [0.05, 0.1) is 33.3 Å². The van der Waals surface area contributed by atoms with Gasteiger partial charge in [0, 0.05) is 54.8 Å². The van der Waals surface area contributed by atoms with Crippen LogP contribution in [-0.4, -0.2) is 19.1 Å². The van der Waals surface area contributed by atoms with E-state index in [1.165, 1.54) is 59.9 Å². The lowest BCUT2D eigenvalue weighted by atomic mass is 9.97. The Morgan fingerprint density at radius 2 is 0.906 bits per heavy atom. The zero-order valence-corrected chi connectivity index (χ0v) is 34.7. The molecule has 0 aliphatic rings. The Morgan fingerprint density at radius 3 is 1.69 bits per heavy atom. The molecule has 0 fully saturated rings. The smallest absolute Gasteiger partial charge is 0.160 e. The van der Waals surface area contributed by atoms with Gasteiger partial charge in [-0.3, -0.25) is 0 Å². The van der Waals surface area contributed by atoms with Crippen molar-refractivity contribution in [2.45, 2.75) is 0 Å². The van der Waals surface area contributed by atoms with Crippen molar-refractivity contribution in [3.8, 4) is 56.3 Å². The Hall–Kier alpha value is -8.60. The molecule has 3 aromatic heterocycles. The summed E-state index contributed by atoms with van der Waals surface area (Å²) in [6.07, 6.45) is 0. The average molecular weight is 815 g/mol. The van der Waals surface area contributed by atoms with Crippen molar-refractivity contribution >= 4 is 65.3 Å². The van der Waals surface area contributed by atoms with E-state index in [2.05, 4.69) is 240 Å². The van der Waals surface area contributed by atoms with Crippen molar-refractivity contribution in [2.75, 3.05) is 0 Å². The summed E-state index contributed by atoms with van der Waals surface area (Å²) in [4.78, 5) is 10.6. The molecular weight excluding hydrogens is 777 g/mol. The van der Waals surface area contributed by atoms with Crippen LogP contribution in [0.4, 0.5) is 0 Å². The highest BCUT2D eigenvalue weighted by Gasteiger charge is 2.20. The van der Waals surface area contributed by atoms with Gasteiger partial charge in [0.1, 0.15) is 0 Å². The molecule has 0 aliphatic heterocycles. The van der Waals surface area contributed by atoms with E-state index in [1.807, 2.05) is 0 Å². The molecule has 298 valence electrons. The van der Waals surface area contributed by atoms with E-state index in [9.17, 15) is 0 Å². The summed E-state index contributed by atoms with van der Waals surface area (Å²) in [6.45, 7) is 0. The maximum atomic E-state index is 5.35. The lowest BCUT2D eigenvalue weighted by Crippen LogP contribution is -1.96. The van der Waals surface area contributed by atoms with Crippen LogP contribution in [0.1, 0.15) is 0 Å². The van der Waals surface area contributed by atoms with Crippen LogP contribution in [0.3, 0.4) is 0 Å². The molecule has 0 bridgehead atoms. The lowest BCUT2D eigenvalue weighted by Gasteiger charge is -2.12. The first kappa shape index (κ1) is 36.1. The fourth-order valence-corrected chi connectivity index (χ4v) is 9.97. The van der Waals surface area contributed by atoms with Gasteiger partial charge in [-0.1, -0.05) is 170 Å². The third-order valence-corrected chi connectivity index (χ3v) is 12.9. The number of rotatable bonds is 6. The Kier molecular flexibility index (Phi) is 8.18. The molecule has 13 aromatic rings. The zero-order chi connectivity index (χ0) is 42.1. The highest BCUT2D eigenvalue weighted by molar-refractivity contribution is 6.22. The lowest BCUT2D eigenvalue weighted by molar-refractivity contribution is 1.18. The van der Waals surface area contributed by atoms with Gasteiger partial charge in [-0.2, -0.15) is 0 Å². The van der Waals surface area contributed by atoms with Crippen molar-refractivity contribution in [3.05, 3.63) is 231 Å². The monoisotopic (exact) mass is 814 g/mol. The number of nitrogens with zero attached hydrogens (tertiary/aromatic N) is 4. The fraction of sp³-hybridized carbons (Fsp3) is 0. The first-order chi connectivity index (χ1) is 31.7. The number of benzene rings is 10. The second-order valence-electron chi connectivity index (χ2n) is 16.5. The Balaban J connectivity index is 0.928.